The highest BCUT2D eigenvalue weighted by atomic mass is 19.1. The van der Waals surface area contributed by atoms with Crippen molar-refractivity contribution in [1.29, 1.82) is 0 Å². The Morgan fingerprint density at radius 1 is 1.29 bits per heavy atom. The van der Waals surface area contributed by atoms with Crippen molar-refractivity contribution >= 4 is 0 Å². The van der Waals surface area contributed by atoms with Gasteiger partial charge >= 0.3 is 0 Å². The number of hydrogen-bond acceptors (Lipinski definition) is 1. The molecule has 0 saturated heterocycles. The Morgan fingerprint density at radius 3 is 2.47 bits per heavy atom. The molecule has 0 spiro atoms. The summed E-state index contributed by atoms with van der Waals surface area (Å²) in [5.74, 6) is 0.146. The molecule has 0 aliphatic rings. The van der Waals surface area contributed by atoms with Gasteiger partial charge in [0.15, 0.2) is 0 Å². The minimum atomic E-state index is -0.483. The molecule has 1 rings (SSSR count). The largest absolute Gasteiger partial charge is 0.489 e. The van der Waals surface area contributed by atoms with E-state index in [0.717, 1.165) is 5.56 Å². The molecule has 1 aromatic carbocycles. The molecule has 90 valence electrons. The Balaban J connectivity index is 2.54. The van der Waals surface area contributed by atoms with Crippen LogP contribution in [0.25, 0.3) is 0 Å². The number of hydrogen-bond donors (Lipinski definition) is 0. The van der Waals surface area contributed by atoms with Gasteiger partial charge in [0.25, 0.3) is 0 Å². The van der Waals surface area contributed by atoms with Crippen molar-refractivity contribution in [2.45, 2.75) is 20.5 Å². The van der Waals surface area contributed by atoms with Gasteiger partial charge in [0.2, 0.25) is 0 Å². The van der Waals surface area contributed by atoms with E-state index < -0.39 is 5.83 Å². The van der Waals surface area contributed by atoms with Crippen molar-refractivity contribution in [3.8, 4) is 0 Å². The smallest absolute Gasteiger partial charge is 0.116 e. The summed E-state index contributed by atoms with van der Waals surface area (Å²) in [6.07, 6.45) is 4.63. The zero-order chi connectivity index (χ0) is 12.7. The van der Waals surface area contributed by atoms with Gasteiger partial charge in [0, 0.05) is 0 Å². The second kappa shape index (κ2) is 6.69. The van der Waals surface area contributed by atoms with E-state index in [0.29, 0.717) is 12.4 Å². The summed E-state index contributed by atoms with van der Waals surface area (Å²) in [4.78, 5) is 0. The molecule has 0 bridgehead atoms. The van der Waals surface area contributed by atoms with Gasteiger partial charge in [-0.25, -0.2) is 4.39 Å². The third-order valence-electron chi connectivity index (χ3n) is 2.24. The molecular weight excluding hydrogens is 215 g/mol. The maximum absolute atomic E-state index is 12.4. The quantitative estimate of drug-likeness (QED) is 0.538. The van der Waals surface area contributed by atoms with Crippen molar-refractivity contribution < 1.29 is 9.13 Å². The second-order valence-corrected chi connectivity index (χ2v) is 3.75. The third-order valence-corrected chi connectivity index (χ3v) is 2.24. The first-order valence-electron chi connectivity index (χ1n) is 5.49. The standard InChI is InChI=1S/C15H17FO/c1-4-15(10-7-13(3)16)17-11-14-8-5-12(2)6-9-14/h4-10H,3,11H2,1-2H3/b10-7-,15-4+. The molecule has 0 aliphatic heterocycles. The summed E-state index contributed by atoms with van der Waals surface area (Å²) in [6.45, 7) is 7.51. The predicted octanol–water partition coefficient (Wildman–Crippen LogP) is 4.45. The van der Waals surface area contributed by atoms with E-state index in [2.05, 4.69) is 6.58 Å². The fourth-order valence-electron chi connectivity index (χ4n) is 1.25. The molecular formula is C15H17FO. The molecule has 0 radical (unpaired) electrons. The Kier molecular flexibility index (Phi) is 5.21. The number of ether oxygens (including phenoxy) is 1. The first-order chi connectivity index (χ1) is 8.11. The van der Waals surface area contributed by atoms with Crippen molar-refractivity contribution in [3.05, 3.63) is 71.8 Å². The molecule has 0 aromatic heterocycles. The molecule has 0 amide bonds. The van der Waals surface area contributed by atoms with Crippen molar-refractivity contribution in [2.24, 2.45) is 0 Å². The van der Waals surface area contributed by atoms with E-state index in [1.54, 1.807) is 12.2 Å². The van der Waals surface area contributed by atoms with E-state index in [1.165, 1.54) is 11.6 Å². The normalized spacial score (nSPS) is 11.8. The summed E-state index contributed by atoms with van der Waals surface area (Å²) >= 11 is 0. The van der Waals surface area contributed by atoms with Crippen molar-refractivity contribution in [2.75, 3.05) is 0 Å². The van der Waals surface area contributed by atoms with Crippen LogP contribution in [0.15, 0.2) is 60.7 Å². The van der Waals surface area contributed by atoms with Gasteiger partial charge in [0.05, 0.1) is 0 Å². The second-order valence-electron chi connectivity index (χ2n) is 3.75. The molecule has 0 saturated carbocycles. The number of rotatable bonds is 5. The van der Waals surface area contributed by atoms with Gasteiger partial charge in [-0.3, -0.25) is 0 Å². The van der Waals surface area contributed by atoms with Crippen LogP contribution >= 0.6 is 0 Å². The summed E-state index contributed by atoms with van der Waals surface area (Å²) in [6, 6.07) is 8.10. The van der Waals surface area contributed by atoms with Crippen LogP contribution in [0.2, 0.25) is 0 Å². The van der Waals surface area contributed by atoms with E-state index in [4.69, 9.17) is 4.74 Å². The van der Waals surface area contributed by atoms with Crippen LogP contribution in [0.4, 0.5) is 4.39 Å². The van der Waals surface area contributed by atoms with E-state index in [9.17, 15) is 4.39 Å². The number of halogens is 1. The topological polar surface area (TPSA) is 9.23 Å². The number of aryl methyl sites for hydroxylation is 1. The average Bonchev–Trinajstić information content (AvgIpc) is 2.31. The number of allylic oxidation sites excluding steroid dienone is 4. The predicted molar refractivity (Wildman–Crippen MR) is 69.1 cm³/mol. The maximum atomic E-state index is 12.4. The highest BCUT2D eigenvalue weighted by Gasteiger charge is 1.95. The molecule has 1 nitrogen and oxygen atoms in total. The molecule has 0 heterocycles. The van der Waals surface area contributed by atoms with Crippen LogP contribution in [0.1, 0.15) is 18.1 Å². The van der Waals surface area contributed by atoms with Gasteiger partial charge in [-0.1, -0.05) is 36.4 Å². The van der Waals surface area contributed by atoms with Crippen LogP contribution in [-0.4, -0.2) is 0 Å². The molecule has 0 atom stereocenters. The zero-order valence-corrected chi connectivity index (χ0v) is 10.2. The molecule has 2 heteroatoms. The minimum Gasteiger partial charge on any atom is -0.489 e. The molecule has 17 heavy (non-hydrogen) atoms. The Labute approximate surface area is 102 Å². The van der Waals surface area contributed by atoms with Crippen LogP contribution in [0.5, 0.6) is 0 Å². The fraction of sp³-hybridized carbons (Fsp3) is 0.200. The lowest BCUT2D eigenvalue weighted by molar-refractivity contribution is 0.210. The Bertz CT molecular complexity index is 427. The van der Waals surface area contributed by atoms with Crippen LogP contribution in [-0.2, 0) is 11.3 Å². The first kappa shape index (κ1) is 13.2. The Morgan fingerprint density at radius 2 is 1.94 bits per heavy atom. The highest BCUT2D eigenvalue weighted by Crippen LogP contribution is 2.09. The maximum Gasteiger partial charge on any atom is 0.116 e. The lowest BCUT2D eigenvalue weighted by Gasteiger charge is -2.06. The van der Waals surface area contributed by atoms with Crippen molar-refractivity contribution in [3.63, 3.8) is 0 Å². The van der Waals surface area contributed by atoms with Crippen LogP contribution in [0.3, 0.4) is 0 Å². The minimum absolute atomic E-state index is 0.475. The molecule has 1 aromatic rings. The fourth-order valence-corrected chi connectivity index (χ4v) is 1.25. The summed E-state index contributed by atoms with van der Waals surface area (Å²) < 4.78 is 18.0. The monoisotopic (exact) mass is 232 g/mol. The molecule has 0 fully saturated rings. The average molecular weight is 232 g/mol. The lowest BCUT2D eigenvalue weighted by atomic mass is 10.2. The number of benzene rings is 1. The van der Waals surface area contributed by atoms with Gasteiger partial charge in [-0.15, -0.1) is 0 Å². The SMILES string of the molecule is C=C(F)/C=C\C(=C/C)OCc1ccc(C)cc1. The van der Waals surface area contributed by atoms with Crippen LogP contribution in [0, 0.1) is 6.92 Å². The van der Waals surface area contributed by atoms with Gasteiger partial charge in [0.1, 0.15) is 18.2 Å². The van der Waals surface area contributed by atoms with Gasteiger partial charge in [-0.05, 0) is 37.6 Å². The van der Waals surface area contributed by atoms with E-state index in [1.807, 2.05) is 38.1 Å². The molecule has 0 N–H and O–H groups in total. The van der Waals surface area contributed by atoms with E-state index >= 15 is 0 Å². The highest BCUT2D eigenvalue weighted by molar-refractivity contribution is 5.22. The first-order valence-corrected chi connectivity index (χ1v) is 5.49. The van der Waals surface area contributed by atoms with Gasteiger partial charge < -0.3 is 4.74 Å². The molecule has 0 unspecified atom stereocenters. The molecule has 0 aliphatic carbocycles. The zero-order valence-electron chi connectivity index (χ0n) is 10.2. The Hall–Kier alpha value is -1.83. The van der Waals surface area contributed by atoms with Crippen LogP contribution < -0.4 is 0 Å². The van der Waals surface area contributed by atoms with E-state index in [-0.39, 0.29) is 0 Å². The summed E-state index contributed by atoms with van der Waals surface area (Å²) in [5, 5.41) is 0. The third kappa shape index (κ3) is 5.16. The summed E-state index contributed by atoms with van der Waals surface area (Å²) in [7, 11) is 0. The van der Waals surface area contributed by atoms with Gasteiger partial charge in [-0.2, -0.15) is 0 Å². The summed E-state index contributed by atoms with van der Waals surface area (Å²) in [5.41, 5.74) is 2.30. The lowest BCUT2D eigenvalue weighted by Crippen LogP contribution is -1.91. The van der Waals surface area contributed by atoms with Crippen molar-refractivity contribution in [1.82, 2.24) is 0 Å².